The van der Waals surface area contributed by atoms with E-state index in [0.717, 1.165) is 25.3 Å². The van der Waals surface area contributed by atoms with Gasteiger partial charge in [0.05, 0.1) is 23.2 Å². The second-order valence-electron chi connectivity index (χ2n) is 11.7. The molecule has 4 aliphatic carbocycles. The Morgan fingerprint density at radius 1 is 1.08 bits per heavy atom. The van der Waals surface area contributed by atoms with Gasteiger partial charge in [0.1, 0.15) is 17.5 Å². The summed E-state index contributed by atoms with van der Waals surface area (Å²) in [5.41, 5.74) is -0.775. The number of alkyl halides is 2. The number of carbonyl (C=O) groups excluding carboxylic acids is 1. The fourth-order valence-electron chi connectivity index (χ4n) is 7.71. The van der Waals surface area contributed by atoms with Gasteiger partial charge < -0.3 is 4.90 Å². The first-order chi connectivity index (χ1) is 18.1. The summed E-state index contributed by atoms with van der Waals surface area (Å²) in [5.74, 6) is 0.119. The molecule has 200 valence electrons. The van der Waals surface area contributed by atoms with Crippen molar-refractivity contribution in [1.29, 1.82) is 0 Å². The number of ketones is 1. The monoisotopic (exact) mass is 527 g/mol. The Bertz CT molecular complexity index is 1450. The summed E-state index contributed by atoms with van der Waals surface area (Å²) >= 11 is 0. The molecule has 0 saturated heterocycles. The Balaban J connectivity index is 1.45. The number of carbonyl (C=O) groups is 1. The van der Waals surface area contributed by atoms with Gasteiger partial charge in [-0.25, -0.2) is 22.5 Å². The largest absolute Gasteiger partial charge is 0.354 e. The van der Waals surface area contributed by atoms with Crippen molar-refractivity contribution in [3.8, 4) is 5.69 Å². The predicted octanol–water partition coefficient (Wildman–Crippen LogP) is 6.15. The average Bonchev–Trinajstić information content (AvgIpc) is 2.83. The van der Waals surface area contributed by atoms with Gasteiger partial charge in [0.25, 0.3) is 6.43 Å². The van der Waals surface area contributed by atoms with Crippen LogP contribution in [0.2, 0.25) is 0 Å². The molecule has 0 radical (unpaired) electrons. The van der Waals surface area contributed by atoms with Crippen LogP contribution in [0, 0.1) is 34.8 Å². The first-order valence-corrected chi connectivity index (χ1v) is 13.1. The number of aromatic nitrogens is 2. The maximum atomic E-state index is 15.0. The van der Waals surface area contributed by atoms with Crippen LogP contribution in [-0.2, 0) is 0 Å². The molecule has 5 nitrogen and oxygen atoms in total. The summed E-state index contributed by atoms with van der Waals surface area (Å²) < 4.78 is 55.9. The third-order valence-electron chi connectivity index (χ3n) is 8.81. The first-order valence-electron chi connectivity index (χ1n) is 13.1. The van der Waals surface area contributed by atoms with Crippen LogP contribution in [0.4, 0.5) is 23.4 Å². The van der Waals surface area contributed by atoms with Gasteiger partial charge in [0.15, 0.2) is 11.4 Å². The van der Waals surface area contributed by atoms with Crippen LogP contribution >= 0.6 is 0 Å². The molecule has 0 amide bonds. The van der Waals surface area contributed by atoms with E-state index in [1.165, 1.54) is 60.2 Å². The minimum atomic E-state index is -2.61. The van der Waals surface area contributed by atoms with E-state index in [1.807, 2.05) is 0 Å². The molecule has 4 bridgehead atoms. The summed E-state index contributed by atoms with van der Waals surface area (Å²) in [6, 6.07) is 5.86. The lowest BCUT2D eigenvalue weighted by molar-refractivity contribution is -0.0524. The minimum Gasteiger partial charge on any atom is -0.354 e. The molecule has 0 unspecified atom stereocenters. The number of hydrogen-bond donors (Lipinski definition) is 0. The second kappa shape index (κ2) is 9.20. The molecule has 2 heterocycles. The van der Waals surface area contributed by atoms with Crippen LogP contribution in [0.1, 0.15) is 55.3 Å². The Morgan fingerprint density at radius 3 is 2.34 bits per heavy atom. The van der Waals surface area contributed by atoms with E-state index >= 15 is 0 Å². The number of halogens is 4. The zero-order valence-corrected chi connectivity index (χ0v) is 21.1. The van der Waals surface area contributed by atoms with Crippen LogP contribution in [0.5, 0.6) is 0 Å². The summed E-state index contributed by atoms with van der Waals surface area (Å²) in [6.07, 6.45) is 5.64. The Labute approximate surface area is 217 Å². The molecule has 0 spiro atoms. The Hall–Kier alpha value is -3.23. The third kappa shape index (κ3) is 4.39. The molecule has 0 aliphatic heterocycles. The van der Waals surface area contributed by atoms with Crippen molar-refractivity contribution in [1.82, 2.24) is 9.55 Å². The van der Waals surface area contributed by atoms with Crippen molar-refractivity contribution in [2.24, 2.45) is 23.2 Å². The average molecular weight is 528 g/mol. The Morgan fingerprint density at radius 2 is 1.74 bits per heavy atom. The van der Waals surface area contributed by atoms with Crippen molar-refractivity contribution < 1.29 is 22.4 Å². The van der Waals surface area contributed by atoms with Gasteiger partial charge in [0.2, 0.25) is 5.43 Å². The molecule has 4 aliphatic rings. The summed E-state index contributed by atoms with van der Waals surface area (Å²) in [7, 11) is 1.44. The van der Waals surface area contributed by atoms with E-state index in [9.17, 15) is 27.2 Å². The minimum absolute atomic E-state index is 0.00507. The topological polar surface area (TPSA) is 55.2 Å². The highest BCUT2D eigenvalue weighted by molar-refractivity contribution is 5.99. The lowest BCUT2D eigenvalue weighted by atomic mass is 9.48. The fourth-order valence-corrected chi connectivity index (χ4v) is 7.71. The maximum Gasteiger partial charge on any atom is 0.255 e. The lowest BCUT2D eigenvalue weighted by Gasteiger charge is -2.56. The van der Waals surface area contributed by atoms with Crippen LogP contribution in [0.15, 0.2) is 41.3 Å². The van der Waals surface area contributed by atoms with E-state index < -0.39 is 30.0 Å². The van der Waals surface area contributed by atoms with Crippen molar-refractivity contribution >= 4 is 22.6 Å². The molecular weight excluding hydrogens is 498 g/mol. The number of Topliss-reactive ketones (excluding diaryl/α,β-unsaturated/α-hetero) is 1. The summed E-state index contributed by atoms with van der Waals surface area (Å²) in [5, 5.41) is 0.0688. The number of anilines is 1. The zero-order valence-electron chi connectivity index (χ0n) is 21.1. The maximum absolute atomic E-state index is 15.0. The van der Waals surface area contributed by atoms with Crippen molar-refractivity contribution in [2.75, 3.05) is 18.5 Å². The zero-order chi connectivity index (χ0) is 26.8. The molecule has 3 aromatic rings. The van der Waals surface area contributed by atoms with Gasteiger partial charge in [-0.3, -0.25) is 14.2 Å². The molecule has 4 saturated carbocycles. The Kier molecular flexibility index (Phi) is 6.07. The SMILES string of the molecule is CN(CC(F)F)c1ccc2c(=O)c(C(=O)CC34CC5CC(CC(C5)C3)C4)cn(-c3ccc(F)cc3F)c2n1. The highest BCUT2D eigenvalue weighted by Gasteiger charge is 2.51. The number of pyridine rings is 2. The van der Waals surface area contributed by atoms with Gasteiger partial charge in [0, 0.05) is 25.7 Å². The number of nitrogens with zero attached hydrogens (tertiary/aromatic N) is 3. The molecule has 38 heavy (non-hydrogen) atoms. The standard InChI is InChI=1S/C29H29F4N3O2/c1-35(15-25(32)33)26-5-3-20-27(38)21(14-36(28(20)34-26)23-4-2-19(30)9-22(23)31)24(37)13-29-10-16-6-17(11-29)8-18(7-16)12-29/h2-5,9,14,16-18,25H,6-8,10-13,15H2,1H3. The van der Waals surface area contributed by atoms with Gasteiger partial charge in [-0.15, -0.1) is 0 Å². The molecule has 4 fully saturated rings. The van der Waals surface area contributed by atoms with Crippen LogP contribution < -0.4 is 10.3 Å². The highest BCUT2D eigenvalue weighted by atomic mass is 19.3. The normalized spacial score (nSPS) is 25.9. The van der Waals surface area contributed by atoms with Crippen molar-refractivity contribution in [2.45, 2.75) is 51.4 Å². The molecule has 9 heteroatoms. The highest BCUT2D eigenvalue weighted by Crippen LogP contribution is 2.61. The second-order valence-corrected chi connectivity index (χ2v) is 11.7. The predicted molar refractivity (Wildman–Crippen MR) is 136 cm³/mol. The van der Waals surface area contributed by atoms with E-state index in [2.05, 4.69) is 4.98 Å². The van der Waals surface area contributed by atoms with E-state index in [0.29, 0.717) is 23.8 Å². The number of fused-ring (bicyclic) bond motifs is 1. The number of benzene rings is 1. The van der Waals surface area contributed by atoms with Crippen LogP contribution in [-0.4, -0.2) is 35.4 Å². The summed E-state index contributed by atoms with van der Waals surface area (Å²) in [4.78, 5) is 32.9. The van der Waals surface area contributed by atoms with Crippen LogP contribution in [0.3, 0.4) is 0 Å². The van der Waals surface area contributed by atoms with Gasteiger partial charge in [-0.2, -0.15) is 0 Å². The van der Waals surface area contributed by atoms with Crippen molar-refractivity contribution in [3.05, 3.63) is 63.9 Å². The summed E-state index contributed by atoms with van der Waals surface area (Å²) in [6.45, 7) is -0.588. The first kappa shape index (κ1) is 25.1. The quantitative estimate of drug-likeness (QED) is 0.273. The van der Waals surface area contributed by atoms with Crippen LogP contribution in [0.25, 0.3) is 16.7 Å². The van der Waals surface area contributed by atoms with Gasteiger partial charge in [-0.1, -0.05) is 0 Å². The molecule has 1 aromatic carbocycles. The molecule has 7 rings (SSSR count). The molecule has 2 aromatic heterocycles. The van der Waals surface area contributed by atoms with E-state index in [-0.39, 0.29) is 45.7 Å². The van der Waals surface area contributed by atoms with Crippen molar-refractivity contribution in [3.63, 3.8) is 0 Å². The number of hydrogen-bond acceptors (Lipinski definition) is 4. The van der Waals surface area contributed by atoms with Gasteiger partial charge >= 0.3 is 0 Å². The van der Waals surface area contributed by atoms with E-state index in [1.54, 1.807) is 0 Å². The van der Waals surface area contributed by atoms with Gasteiger partial charge in [-0.05, 0) is 86.0 Å². The fraction of sp³-hybridized carbons (Fsp3) is 0.483. The number of rotatable bonds is 7. The molecule has 0 N–H and O–H groups in total. The smallest absolute Gasteiger partial charge is 0.255 e. The van der Waals surface area contributed by atoms with E-state index in [4.69, 9.17) is 0 Å². The molecule has 0 atom stereocenters. The molecular formula is C29H29F4N3O2. The third-order valence-corrected chi connectivity index (χ3v) is 8.81. The lowest BCUT2D eigenvalue weighted by Crippen LogP contribution is -2.47.